The van der Waals surface area contributed by atoms with Gasteiger partial charge < -0.3 is 10.1 Å². The highest BCUT2D eigenvalue weighted by Gasteiger charge is 2.33. The molecule has 0 saturated heterocycles. The van der Waals surface area contributed by atoms with Crippen molar-refractivity contribution >= 4 is 11.8 Å². The standard InChI is InChI=1S/C14H18F3NOS/c1-3-12-13(18-4-2)11-7-10(19-14(15,16)17)6-5-9(11)8-20-12/h5-7,12-13,18H,3-4,8H2,1-2H3. The van der Waals surface area contributed by atoms with Crippen molar-refractivity contribution in [1.29, 1.82) is 0 Å². The fourth-order valence-electron chi connectivity index (χ4n) is 2.50. The van der Waals surface area contributed by atoms with Crippen LogP contribution in [0.4, 0.5) is 13.2 Å². The number of thioether (sulfide) groups is 1. The lowest BCUT2D eigenvalue weighted by Crippen LogP contribution is -2.33. The Morgan fingerprint density at radius 1 is 1.35 bits per heavy atom. The van der Waals surface area contributed by atoms with Gasteiger partial charge in [0.15, 0.2) is 0 Å². The number of benzene rings is 1. The molecule has 0 radical (unpaired) electrons. The van der Waals surface area contributed by atoms with Crippen LogP contribution >= 0.6 is 11.8 Å². The number of nitrogens with one attached hydrogen (secondary N) is 1. The van der Waals surface area contributed by atoms with Crippen LogP contribution in [0.1, 0.15) is 37.4 Å². The summed E-state index contributed by atoms with van der Waals surface area (Å²) in [4.78, 5) is 0. The Labute approximate surface area is 121 Å². The number of halogens is 3. The van der Waals surface area contributed by atoms with Gasteiger partial charge >= 0.3 is 6.36 Å². The minimum atomic E-state index is -4.64. The van der Waals surface area contributed by atoms with Crippen LogP contribution in [0.5, 0.6) is 5.75 Å². The van der Waals surface area contributed by atoms with Gasteiger partial charge in [-0.05, 0) is 36.2 Å². The van der Waals surface area contributed by atoms with Crippen molar-refractivity contribution in [3.8, 4) is 5.75 Å². The smallest absolute Gasteiger partial charge is 0.406 e. The van der Waals surface area contributed by atoms with Crippen molar-refractivity contribution in [3.05, 3.63) is 29.3 Å². The average molecular weight is 305 g/mol. The van der Waals surface area contributed by atoms with E-state index in [-0.39, 0.29) is 11.8 Å². The fourth-order valence-corrected chi connectivity index (χ4v) is 3.83. The topological polar surface area (TPSA) is 21.3 Å². The molecule has 2 unspecified atom stereocenters. The molecule has 0 spiro atoms. The first-order valence-corrected chi connectivity index (χ1v) is 7.73. The number of alkyl halides is 3. The van der Waals surface area contributed by atoms with Gasteiger partial charge in [-0.3, -0.25) is 0 Å². The summed E-state index contributed by atoms with van der Waals surface area (Å²) in [5.41, 5.74) is 2.01. The van der Waals surface area contributed by atoms with Crippen LogP contribution in [0.2, 0.25) is 0 Å². The molecule has 112 valence electrons. The molecular weight excluding hydrogens is 287 g/mol. The molecule has 1 aromatic carbocycles. The summed E-state index contributed by atoms with van der Waals surface area (Å²) in [6, 6.07) is 4.73. The van der Waals surface area contributed by atoms with Gasteiger partial charge in [0.2, 0.25) is 0 Å². The van der Waals surface area contributed by atoms with E-state index in [1.54, 1.807) is 6.07 Å². The number of ether oxygens (including phenoxy) is 1. The van der Waals surface area contributed by atoms with Crippen LogP contribution in [0.25, 0.3) is 0 Å². The summed E-state index contributed by atoms with van der Waals surface area (Å²) in [5.74, 6) is 0.697. The first-order chi connectivity index (χ1) is 9.44. The molecule has 2 atom stereocenters. The lowest BCUT2D eigenvalue weighted by Gasteiger charge is -2.33. The van der Waals surface area contributed by atoms with E-state index in [0.717, 1.165) is 29.8 Å². The summed E-state index contributed by atoms with van der Waals surface area (Å²) < 4.78 is 41.0. The van der Waals surface area contributed by atoms with Crippen LogP contribution in [0, 0.1) is 0 Å². The van der Waals surface area contributed by atoms with Crippen LogP contribution in [0.3, 0.4) is 0 Å². The zero-order chi connectivity index (χ0) is 14.8. The third-order valence-corrected chi connectivity index (χ3v) is 4.85. The second kappa shape index (κ2) is 6.26. The molecule has 1 aliphatic rings. The fraction of sp³-hybridized carbons (Fsp3) is 0.571. The Hall–Kier alpha value is -0.880. The van der Waals surface area contributed by atoms with E-state index in [0.29, 0.717) is 5.25 Å². The molecule has 0 saturated carbocycles. The summed E-state index contributed by atoms with van der Waals surface area (Å²) in [5, 5.41) is 3.75. The maximum atomic E-state index is 12.3. The van der Waals surface area contributed by atoms with Crippen LogP contribution < -0.4 is 10.1 Å². The van der Waals surface area contributed by atoms with Crippen molar-refractivity contribution in [2.45, 2.75) is 43.7 Å². The minimum absolute atomic E-state index is 0.0792. The van der Waals surface area contributed by atoms with Gasteiger partial charge in [-0.1, -0.05) is 19.9 Å². The van der Waals surface area contributed by atoms with E-state index in [1.807, 2.05) is 18.7 Å². The molecule has 0 amide bonds. The zero-order valence-corrected chi connectivity index (χ0v) is 12.3. The molecule has 1 aliphatic heterocycles. The predicted molar refractivity (Wildman–Crippen MR) is 74.9 cm³/mol. The molecule has 0 bridgehead atoms. The van der Waals surface area contributed by atoms with Crippen LogP contribution in [-0.2, 0) is 5.75 Å². The summed E-state index contributed by atoms with van der Waals surface area (Å²) >= 11 is 1.85. The van der Waals surface area contributed by atoms with Crippen LogP contribution in [-0.4, -0.2) is 18.2 Å². The molecule has 1 heterocycles. The van der Waals surface area contributed by atoms with E-state index in [9.17, 15) is 13.2 Å². The van der Waals surface area contributed by atoms with Crippen molar-refractivity contribution in [2.75, 3.05) is 6.54 Å². The molecule has 6 heteroatoms. The largest absolute Gasteiger partial charge is 0.573 e. The molecule has 1 aromatic rings. The van der Waals surface area contributed by atoms with Gasteiger partial charge in [0, 0.05) is 17.0 Å². The Kier molecular flexibility index (Phi) is 4.86. The van der Waals surface area contributed by atoms with E-state index < -0.39 is 6.36 Å². The van der Waals surface area contributed by atoms with Gasteiger partial charge in [-0.25, -0.2) is 0 Å². The molecular formula is C14H18F3NOS. The monoisotopic (exact) mass is 305 g/mol. The Balaban J connectivity index is 2.31. The first-order valence-electron chi connectivity index (χ1n) is 6.68. The van der Waals surface area contributed by atoms with Crippen molar-refractivity contribution in [2.24, 2.45) is 0 Å². The van der Waals surface area contributed by atoms with Crippen molar-refractivity contribution < 1.29 is 17.9 Å². The van der Waals surface area contributed by atoms with Gasteiger partial charge in [0.05, 0.1) is 0 Å². The number of fused-ring (bicyclic) bond motifs is 1. The van der Waals surface area contributed by atoms with Crippen molar-refractivity contribution in [3.63, 3.8) is 0 Å². The van der Waals surface area contributed by atoms with E-state index in [4.69, 9.17) is 0 Å². The number of hydrogen-bond donors (Lipinski definition) is 1. The maximum Gasteiger partial charge on any atom is 0.573 e. The van der Waals surface area contributed by atoms with E-state index >= 15 is 0 Å². The molecule has 0 fully saturated rings. The first kappa shape index (κ1) is 15.5. The number of rotatable bonds is 4. The van der Waals surface area contributed by atoms with Gasteiger partial charge in [-0.2, -0.15) is 11.8 Å². The zero-order valence-electron chi connectivity index (χ0n) is 11.5. The lowest BCUT2D eigenvalue weighted by molar-refractivity contribution is -0.274. The van der Waals surface area contributed by atoms with Crippen LogP contribution in [0.15, 0.2) is 18.2 Å². The SMILES string of the molecule is CCNC1c2cc(OC(F)(F)F)ccc2CSC1CC. The lowest BCUT2D eigenvalue weighted by atomic mass is 9.96. The highest BCUT2D eigenvalue weighted by atomic mass is 32.2. The normalized spacial score (nSPS) is 22.4. The van der Waals surface area contributed by atoms with E-state index in [2.05, 4.69) is 17.0 Å². The molecule has 0 aliphatic carbocycles. The molecule has 2 rings (SSSR count). The molecule has 2 nitrogen and oxygen atoms in total. The second-order valence-electron chi connectivity index (χ2n) is 4.70. The Morgan fingerprint density at radius 2 is 2.10 bits per heavy atom. The predicted octanol–water partition coefficient (Wildman–Crippen LogP) is 4.26. The highest BCUT2D eigenvalue weighted by Crippen LogP contribution is 2.41. The van der Waals surface area contributed by atoms with Gasteiger partial charge in [0.25, 0.3) is 0 Å². The van der Waals surface area contributed by atoms with Gasteiger partial charge in [-0.15, -0.1) is 13.2 Å². The van der Waals surface area contributed by atoms with E-state index in [1.165, 1.54) is 12.1 Å². The number of hydrogen-bond acceptors (Lipinski definition) is 3. The quantitative estimate of drug-likeness (QED) is 0.898. The average Bonchev–Trinajstić information content (AvgIpc) is 2.38. The summed E-state index contributed by atoms with van der Waals surface area (Å²) in [7, 11) is 0. The molecule has 0 aromatic heterocycles. The Bertz CT molecular complexity index is 464. The second-order valence-corrected chi connectivity index (χ2v) is 5.93. The minimum Gasteiger partial charge on any atom is -0.406 e. The third kappa shape index (κ3) is 3.61. The Morgan fingerprint density at radius 3 is 2.70 bits per heavy atom. The highest BCUT2D eigenvalue weighted by molar-refractivity contribution is 7.99. The summed E-state index contributed by atoms with van der Waals surface area (Å²) in [6.07, 6.45) is -3.67. The molecule has 1 N–H and O–H groups in total. The van der Waals surface area contributed by atoms with Gasteiger partial charge in [0.1, 0.15) is 5.75 Å². The molecule has 20 heavy (non-hydrogen) atoms. The maximum absolute atomic E-state index is 12.3. The third-order valence-electron chi connectivity index (χ3n) is 3.34. The van der Waals surface area contributed by atoms with Crippen molar-refractivity contribution in [1.82, 2.24) is 5.32 Å². The summed E-state index contributed by atoms with van der Waals surface area (Å²) in [6.45, 7) is 4.89.